The van der Waals surface area contributed by atoms with Crippen LogP contribution in [0.25, 0.3) is 0 Å². The Hall–Kier alpha value is -2.37. The fraction of sp³-hybridized carbons (Fsp3) is 0.435. The lowest BCUT2D eigenvalue weighted by Gasteiger charge is -2.43. The molecule has 2 aromatic rings. The van der Waals surface area contributed by atoms with Gasteiger partial charge in [0.05, 0.1) is 48.9 Å². The van der Waals surface area contributed by atoms with Crippen molar-refractivity contribution >= 4 is 21.6 Å². The summed E-state index contributed by atoms with van der Waals surface area (Å²) in [5.74, 6) is -0.857. The second kappa shape index (κ2) is 10.3. The molecule has 2 heterocycles. The van der Waals surface area contributed by atoms with Gasteiger partial charge in [-0.25, -0.2) is 12.8 Å². The number of halogens is 1. The van der Waals surface area contributed by atoms with Gasteiger partial charge in [0.1, 0.15) is 5.82 Å². The molecule has 2 saturated heterocycles. The lowest BCUT2D eigenvalue weighted by Crippen LogP contribution is -2.57. The van der Waals surface area contributed by atoms with E-state index in [2.05, 4.69) is 5.32 Å². The Morgan fingerprint density at radius 3 is 2.67 bits per heavy atom. The quantitative estimate of drug-likeness (QED) is 0.682. The number of hydrogen-bond acceptors (Lipinski definition) is 6. The fourth-order valence-electron chi connectivity index (χ4n) is 4.27. The molecule has 0 radical (unpaired) electrons. The van der Waals surface area contributed by atoms with Crippen LogP contribution in [0.15, 0.2) is 59.5 Å². The number of sulfonamides is 1. The normalized spacial score (nSPS) is 26.6. The predicted molar refractivity (Wildman–Crippen MR) is 118 cm³/mol. The summed E-state index contributed by atoms with van der Waals surface area (Å²) in [5.41, 5.74) is 0.687. The van der Waals surface area contributed by atoms with Gasteiger partial charge in [-0.3, -0.25) is 4.79 Å². The Morgan fingerprint density at radius 2 is 1.91 bits per heavy atom. The van der Waals surface area contributed by atoms with Gasteiger partial charge < -0.3 is 19.9 Å². The van der Waals surface area contributed by atoms with E-state index in [4.69, 9.17) is 9.47 Å². The Kier molecular flexibility index (Phi) is 7.40. The van der Waals surface area contributed by atoms with Crippen LogP contribution >= 0.6 is 0 Å². The maximum absolute atomic E-state index is 13.7. The maximum Gasteiger partial charge on any atom is 0.243 e. The van der Waals surface area contributed by atoms with E-state index in [1.54, 1.807) is 12.1 Å². The summed E-state index contributed by atoms with van der Waals surface area (Å²) in [6.45, 7) is -0.169. The first-order valence-corrected chi connectivity index (χ1v) is 12.3. The molecule has 1 amide bonds. The van der Waals surface area contributed by atoms with Crippen molar-refractivity contribution in [2.45, 2.75) is 48.5 Å². The minimum Gasteiger partial charge on any atom is -0.389 e. The number of aliphatic hydroxyl groups excluding tert-OH is 1. The summed E-state index contributed by atoms with van der Waals surface area (Å²) < 4.78 is 53.3. The van der Waals surface area contributed by atoms with Gasteiger partial charge in [0, 0.05) is 12.2 Å². The highest BCUT2D eigenvalue weighted by molar-refractivity contribution is 7.89. The summed E-state index contributed by atoms with van der Waals surface area (Å²) in [6, 6.07) is 13.3. The van der Waals surface area contributed by atoms with Crippen LogP contribution in [0.1, 0.15) is 19.3 Å². The largest absolute Gasteiger partial charge is 0.389 e. The van der Waals surface area contributed by atoms with Crippen molar-refractivity contribution in [2.24, 2.45) is 0 Å². The van der Waals surface area contributed by atoms with Gasteiger partial charge >= 0.3 is 0 Å². The summed E-state index contributed by atoms with van der Waals surface area (Å²) in [4.78, 5) is 12.3. The minimum absolute atomic E-state index is 0.0547. The highest BCUT2D eigenvalue weighted by atomic mass is 32.2. The highest BCUT2D eigenvalue weighted by Crippen LogP contribution is 2.31. The number of amides is 1. The summed E-state index contributed by atoms with van der Waals surface area (Å²) in [6.07, 6.45) is -1.06. The van der Waals surface area contributed by atoms with E-state index < -0.39 is 40.2 Å². The molecule has 2 fully saturated rings. The van der Waals surface area contributed by atoms with Crippen molar-refractivity contribution in [1.82, 2.24) is 4.31 Å². The molecule has 2 N–H and O–H groups in total. The molecule has 178 valence electrons. The van der Waals surface area contributed by atoms with E-state index in [0.29, 0.717) is 18.5 Å². The lowest BCUT2D eigenvalue weighted by molar-refractivity contribution is -0.144. The number of hydrogen-bond donors (Lipinski definition) is 2. The Balaban J connectivity index is 1.49. The number of β-amino-alcohol motifs (C(OH)–C–C–N with tert-alkyl or cyclic N) is 1. The zero-order valence-corrected chi connectivity index (χ0v) is 18.8. The molecule has 0 aliphatic carbocycles. The molecular weight excluding hydrogens is 451 g/mol. The standard InChI is InChI=1S/C23H27FN2O6S/c24-16-5-4-8-20(11-16)33(29,30)26-13-18(27)14-31-15-22-21(26)10-9-19(32-22)12-23(28)25-17-6-2-1-3-7-17/h1-8,11,18-19,21-22,27H,9-10,12-15H2,(H,25,28)/t18-,19+,21+,22-/m1/s1. The molecule has 0 saturated carbocycles. The van der Waals surface area contributed by atoms with Crippen molar-refractivity contribution in [2.75, 3.05) is 25.1 Å². The van der Waals surface area contributed by atoms with E-state index in [-0.39, 0.29) is 37.0 Å². The first-order chi connectivity index (χ1) is 15.8. The Labute approximate surface area is 192 Å². The first-order valence-electron chi connectivity index (χ1n) is 10.9. The van der Waals surface area contributed by atoms with Gasteiger partial charge in [-0.2, -0.15) is 4.31 Å². The van der Waals surface area contributed by atoms with Gasteiger partial charge in [-0.05, 0) is 43.2 Å². The molecule has 0 spiro atoms. The monoisotopic (exact) mass is 478 g/mol. The molecule has 2 aromatic carbocycles. The van der Waals surface area contributed by atoms with Crippen molar-refractivity contribution in [3.63, 3.8) is 0 Å². The number of ether oxygens (including phenoxy) is 2. The predicted octanol–water partition coefficient (Wildman–Crippen LogP) is 2.15. The van der Waals surface area contributed by atoms with E-state index >= 15 is 0 Å². The van der Waals surface area contributed by atoms with E-state index in [9.17, 15) is 22.7 Å². The molecule has 8 nitrogen and oxygen atoms in total. The van der Waals surface area contributed by atoms with E-state index in [0.717, 1.165) is 6.07 Å². The number of anilines is 1. The number of aliphatic hydroxyl groups is 1. The van der Waals surface area contributed by atoms with E-state index in [1.165, 1.54) is 22.5 Å². The van der Waals surface area contributed by atoms with Crippen LogP contribution in [-0.2, 0) is 24.3 Å². The molecule has 0 bridgehead atoms. The summed E-state index contributed by atoms with van der Waals surface area (Å²) in [5, 5.41) is 13.1. The van der Waals surface area contributed by atoms with Gasteiger partial charge in [0.15, 0.2) is 0 Å². The number of nitrogens with zero attached hydrogens (tertiary/aromatic N) is 1. The third kappa shape index (κ3) is 5.77. The van der Waals surface area contributed by atoms with E-state index in [1.807, 2.05) is 18.2 Å². The molecule has 2 aliphatic rings. The number of para-hydroxylation sites is 1. The summed E-state index contributed by atoms with van der Waals surface area (Å²) in [7, 11) is -4.09. The molecule has 4 atom stereocenters. The van der Waals surface area contributed by atoms with Crippen molar-refractivity contribution in [3.8, 4) is 0 Å². The van der Waals surface area contributed by atoms with Gasteiger partial charge in [-0.1, -0.05) is 24.3 Å². The van der Waals surface area contributed by atoms with Gasteiger partial charge in [0.2, 0.25) is 15.9 Å². The van der Waals surface area contributed by atoms with Crippen molar-refractivity contribution in [1.29, 1.82) is 0 Å². The third-order valence-corrected chi connectivity index (χ3v) is 7.69. The SMILES string of the molecule is O=C(C[C@@H]1CC[C@H]2[C@@H](COC[C@H](O)CN2S(=O)(=O)c2cccc(F)c2)O1)Nc1ccccc1. The fourth-order valence-corrected chi connectivity index (χ4v) is 6.02. The van der Waals surface area contributed by atoms with Crippen LogP contribution in [0.2, 0.25) is 0 Å². The van der Waals surface area contributed by atoms with Crippen LogP contribution in [0.4, 0.5) is 10.1 Å². The van der Waals surface area contributed by atoms with Gasteiger partial charge in [-0.15, -0.1) is 0 Å². The second-order valence-corrected chi connectivity index (χ2v) is 10.2. The Bertz CT molecular complexity index is 1070. The molecule has 0 aromatic heterocycles. The van der Waals surface area contributed by atoms with Crippen LogP contribution in [0.5, 0.6) is 0 Å². The highest BCUT2D eigenvalue weighted by Gasteiger charge is 2.43. The molecular formula is C23H27FN2O6S. The number of rotatable bonds is 5. The van der Waals surface area contributed by atoms with Crippen LogP contribution in [0, 0.1) is 5.82 Å². The molecule has 4 rings (SSSR count). The zero-order chi connectivity index (χ0) is 23.4. The number of nitrogens with one attached hydrogen (secondary N) is 1. The zero-order valence-electron chi connectivity index (χ0n) is 18.0. The number of benzene rings is 2. The number of carbonyl (C=O) groups is 1. The third-order valence-electron chi connectivity index (χ3n) is 5.81. The average molecular weight is 479 g/mol. The molecule has 10 heteroatoms. The van der Waals surface area contributed by atoms with Crippen LogP contribution in [0.3, 0.4) is 0 Å². The number of fused-ring (bicyclic) bond motifs is 1. The van der Waals surface area contributed by atoms with Crippen LogP contribution < -0.4 is 5.32 Å². The van der Waals surface area contributed by atoms with Gasteiger partial charge in [0.25, 0.3) is 0 Å². The average Bonchev–Trinajstić information content (AvgIpc) is 2.77. The molecule has 2 aliphatic heterocycles. The van der Waals surface area contributed by atoms with Crippen molar-refractivity contribution < 1.29 is 32.2 Å². The van der Waals surface area contributed by atoms with Crippen LogP contribution in [-0.4, -0.2) is 67.8 Å². The maximum atomic E-state index is 13.7. The smallest absolute Gasteiger partial charge is 0.243 e. The molecule has 33 heavy (non-hydrogen) atoms. The summed E-state index contributed by atoms with van der Waals surface area (Å²) >= 11 is 0. The molecule has 0 unspecified atom stereocenters. The minimum atomic E-state index is -4.09. The topological polar surface area (TPSA) is 105 Å². The Morgan fingerprint density at radius 1 is 1.12 bits per heavy atom. The second-order valence-electron chi connectivity index (χ2n) is 8.28. The van der Waals surface area contributed by atoms with Crippen molar-refractivity contribution in [3.05, 3.63) is 60.4 Å². The number of carbonyl (C=O) groups excluding carboxylic acids is 1. The lowest BCUT2D eigenvalue weighted by atomic mass is 9.96. The first kappa shape index (κ1) is 23.8.